The molecule has 0 amide bonds. The van der Waals surface area contributed by atoms with Crippen LogP contribution in [0.25, 0.3) is 0 Å². The van der Waals surface area contributed by atoms with Gasteiger partial charge in [0.25, 0.3) is 0 Å². The third-order valence-corrected chi connectivity index (χ3v) is 3.72. The van der Waals surface area contributed by atoms with Gasteiger partial charge in [-0.3, -0.25) is 4.79 Å². The first-order valence-electron chi connectivity index (χ1n) is 5.74. The Labute approximate surface area is 116 Å². The van der Waals surface area contributed by atoms with Crippen molar-refractivity contribution in [1.82, 2.24) is 0 Å². The second-order valence-electron chi connectivity index (χ2n) is 4.39. The summed E-state index contributed by atoms with van der Waals surface area (Å²) in [6.07, 6.45) is 1.07. The first-order valence-corrected chi connectivity index (χ1v) is 6.12. The molecule has 19 heavy (non-hydrogen) atoms. The third-order valence-electron chi connectivity index (χ3n) is 3.42. The number of carbonyl (C=O) groups is 1. The van der Waals surface area contributed by atoms with Gasteiger partial charge in [0.05, 0.1) is 31.8 Å². The Balaban J connectivity index is 2.71. The predicted molar refractivity (Wildman–Crippen MR) is 69.7 cm³/mol. The lowest BCUT2D eigenvalue weighted by atomic mass is 9.94. The number of hydrogen-bond acceptors (Lipinski definition) is 4. The Kier molecular flexibility index (Phi) is 3.49. The summed E-state index contributed by atoms with van der Waals surface area (Å²) >= 11 is 6.21. The van der Waals surface area contributed by atoms with Crippen molar-refractivity contribution in [2.75, 3.05) is 21.3 Å². The van der Waals surface area contributed by atoms with Crippen LogP contribution in [0.1, 0.15) is 18.4 Å². The van der Waals surface area contributed by atoms with E-state index in [0.717, 1.165) is 0 Å². The van der Waals surface area contributed by atoms with E-state index in [4.69, 9.17) is 25.8 Å². The molecule has 0 aromatic heterocycles. The normalized spacial score (nSPS) is 15.8. The average molecular weight is 287 g/mol. The van der Waals surface area contributed by atoms with Crippen LogP contribution in [0.3, 0.4) is 0 Å². The molecule has 1 saturated carbocycles. The molecule has 0 unspecified atom stereocenters. The van der Waals surface area contributed by atoms with Crippen molar-refractivity contribution in [2.45, 2.75) is 18.3 Å². The van der Waals surface area contributed by atoms with Crippen LogP contribution >= 0.6 is 11.6 Å². The van der Waals surface area contributed by atoms with E-state index in [1.54, 1.807) is 6.07 Å². The summed E-state index contributed by atoms with van der Waals surface area (Å²) in [5.74, 6) is 0.192. The van der Waals surface area contributed by atoms with Crippen LogP contribution in [-0.4, -0.2) is 32.4 Å². The number of aliphatic carboxylic acids is 1. The highest BCUT2D eigenvalue weighted by Crippen LogP contribution is 2.57. The van der Waals surface area contributed by atoms with Gasteiger partial charge in [0, 0.05) is 11.6 Å². The number of carboxylic acids is 1. The maximum Gasteiger partial charge on any atom is 0.314 e. The van der Waals surface area contributed by atoms with Crippen LogP contribution in [0.4, 0.5) is 0 Å². The van der Waals surface area contributed by atoms with Gasteiger partial charge in [0.15, 0.2) is 11.5 Å². The quantitative estimate of drug-likeness (QED) is 0.901. The van der Waals surface area contributed by atoms with E-state index in [-0.39, 0.29) is 0 Å². The lowest BCUT2D eigenvalue weighted by Crippen LogP contribution is -2.21. The molecule has 1 fully saturated rings. The molecule has 0 heterocycles. The monoisotopic (exact) mass is 286 g/mol. The highest BCUT2D eigenvalue weighted by molar-refractivity contribution is 6.32. The highest BCUT2D eigenvalue weighted by Gasteiger charge is 2.55. The lowest BCUT2D eigenvalue weighted by molar-refractivity contribution is -0.140. The van der Waals surface area contributed by atoms with E-state index in [0.29, 0.717) is 40.7 Å². The van der Waals surface area contributed by atoms with Gasteiger partial charge in [-0.05, 0) is 12.8 Å². The number of halogens is 1. The minimum atomic E-state index is -0.970. The number of carboxylic acid groups (broad SMARTS) is 1. The molecule has 104 valence electrons. The van der Waals surface area contributed by atoms with Gasteiger partial charge < -0.3 is 19.3 Å². The van der Waals surface area contributed by atoms with Crippen LogP contribution in [0.5, 0.6) is 17.2 Å². The lowest BCUT2D eigenvalue weighted by Gasteiger charge is -2.20. The Bertz CT molecular complexity index is 522. The van der Waals surface area contributed by atoms with Crippen LogP contribution in [-0.2, 0) is 10.2 Å². The molecule has 0 radical (unpaired) electrons. The smallest absolute Gasteiger partial charge is 0.314 e. The molecule has 1 aromatic carbocycles. The summed E-state index contributed by atoms with van der Waals surface area (Å²) in [6.45, 7) is 0. The molecular weight excluding hydrogens is 272 g/mol. The van der Waals surface area contributed by atoms with Crippen molar-refractivity contribution in [3.05, 3.63) is 16.7 Å². The minimum Gasteiger partial charge on any atom is -0.493 e. The van der Waals surface area contributed by atoms with Gasteiger partial charge in [-0.25, -0.2) is 0 Å². The molecule has 5 nitrogen and oxygen atoms in total. The van der Waals surface area contributed by atoms with Crippen LogP contribution in [0, 0.1) is 0 Å². The summed E-state index contributed by atoms with van der Waals surface area (Å²) in [5, 5.41) is 9.72. The number of benzene rings is 1. The molecule has 1 aliphatic carbocycles. The zero-order chi connectivity index (χ0) is 14.2. The molecule has 1 aliphatic rings. The van der Waals surface area contributed by atoms with E-state index in [9.17, 15) is 9.90 Å². The predicted octanol–water partition coefficient (Wildman–Crippen LogP) is 2.48. The largest absolute Gasteiger partial charge is 0.493 e. The van der Waals surface area contributed by atoms with Crippen molar-refractivity contribution in [3.63, 3.8) is 0 Å². The summed E-state index contributed by atoms with van der Waals surface area (Å²) in [7, 11) is 4.41. The van der Waals surface area contributed by atoms with Gasteiger partial charge in [-0.15, -0.1) is 0 Å². The number of rotatable bonds is 5. The standard InChI is InChI=1S/C13H15ClO5/c1-17-8-6-7(14)9(11(19-3)10(8)18-2)13(4-5-13)12(15)16/h6H,4-5H2,1-3H3,(H,15,16). The Hall–Kier alpha value is -1.62. The molecule has 0 bridgehead atoms. The van der Waals surface area contributed by atoms with Gasteiger partial charge in [-0.1, -0.05) is 11.6 Å². The van der Waals surface area contributed by atoms with Gasteiger partial charge in [-0.2, -0.15) is 0 Å². The van der Waals surface area contributed by atoms with E-state index in [1.807, 2.05) is 0 Å². The zero-order valence-corrected chi connectivity index (χ0v) is 11.7. The van der Waals surface area contributed by atoms with Crippen LogP contribution in [0.2, 0.25) is 5.02 Å². The zero-order valence-electron chi connectivity index (χ0n) is 10.9. The maximum atomic E-state index is 11.5. The fraction of sp³-hybridized carbons (Fsp3) is 0.462. The number of methoxy groups -OCH3 is 3. The molecule has 1 aromatic rings. The second-order valence-corrected chi connectivity index (χ2v) is 4.80. The number of ether oxygens (including phenoxy) is 3. The molecular formula is C13H15ClO5. The Morgan fingerprint density at radius 1 is 1.21 bits per heavy atom. The summed E-state index contributed by atoms with van der Waals surface area (Å²) < 4.78 is 15.7. The fourth-order valence-corrected chi connectivity index (χ4v) is 2.63. The van der Waals surface area contributed by atoms with E-state index < -0.39 is 11.4 Å². The SMILES string of the molecule is COc1cc(Cl)c(C2(C(=O)O)CC2)c(OC)c1OC. The Morgan fingerprint density at radius 2 is 1.79 bits per heavy atom. The van der Waals surface area contributed by atoms with Crippen LogP contribution < -0.4 is 14.2 Å². The Morgan fingerprint density at radius 3 is 2.16 bits per heavy atom. The summed E-state index contributed by atoms with van der Waals surface area (Å²) in [4.78, 5) is 11.5. The summed E-state index contributed by atoms with van der Waals surface area (Å²) in [5.41, 5.74) is -0.510. The topological polar surface area (TPSA) is 65.0 Å². The molecule has 0 saturated heterocycles. The molecule has 2 rings (SSSR count). The summed E-state index contributed by atoms with van der Waals surface area (Å²) in [6, 6.07) is 1.56. The molecule has 0 aliphatic heterocycles. The third kappa shape index (κ3) is 1.98. The van der Waals surface area contributed by atoms with Gasteiger partial charge in [0.2, 0.25) is 5.75 Å². The molecule has 0 atom stereocenters. The first kappa shape index (κ1) is 13.8. The van der Waals surface area contributed by atoms with Crippen molar-refractivity contribution in [2.24, 2.45) is 0 Å². The second kappa shape index (κ2) is 4.81. The minimum absolute atomic E-state index is 0.314. The first-order chi connectivity index (χ1) is 9.01. The maximum absolute atomic E-state index is 11.5. The molecule has 6 heteroatoms. The van der Waals surface area contributed by atoms with E-state index in [1.165, 1.54) is 21.3 Å². The fourth-order valence-electron chi connectivity index (χ4n) is 2.27. The van der Waals surface area contributed by atoms with Gasteiger partial charge in [0.1, 0.15) is 0 Å². The average Bonchev–Trinajstić information content (AvgIpc) is 3.18. The molecule has 1 N–H and O–H groups in total. The molecule has 0 spiro atoms. The van der Waals surface area contributed by atoms with Crippen molar-refractivity contribution in [3.8, 4) is 17.2 Å². The van der Waals surface area contributed by atoms with Crippen molar-refractivity contribution >= 4 is 17.6 Å². The van der Waals surface area contributed by atoms with Crippen LogP contribution in [0.15, 0.2) is 6.07 Å². The van der Waals surface area contributed by atoms with E-state index in [2.05, 4.69) is 0 Å². The van der Waals surface area contributed by atoms with Gasteiger partial charge >= 0.3 is 5.97 Å². The van der Waals surface area contributed by atoms with E-state index >= 15 is 0 Å². The number of hydrogen-bond donors (Lipinski definition) is 1. The van der Waals surface area contributed by atoms with Crippen molar-refractivity contribution in [1.29, 1.82) is 0 Å². The highest BCUT2D eigenvalue weighted by atomic mass is 35.5. The van der Waals surface area contributed by atoms with Crippen molar-refractivity contribution < 1.29 is 24.1 Å².